The molecule has 5 nitrogen and oxygen atoms in total. The highest BCUT2D eigenvalue weighted by atomic mass is 35.5. The first kappa shape index (κ1) is 17.3. The van der Waals surface area contributed by atoms with Crippen molar-refractivity contribution in [2.75, 3.05) is 10.6 Å². The van der Waals surface area contributed by atoms with Gasteiger partial charge in [-0.1, -0.05) is 11.6 Å². The number of aromatic amines is 1. The largest absolute Gasteiger partial charge is 0.377 e. The van der Waals surface area contributed by atoms with Crippen LogP contribution in [-0.2, 0) is 0 Å². The van der Waals surface area contributed by atoms with Crippen LogP contribution in [-0.4, -0.2) is 15.0 Å². The van der Waals surface area contributed by atoms with Gasteiger partial charge in [0.25, 0.3) is 0 Å². The van der Waals surface area contributed by atoms with Gasteiger partial charge in [-0.2, -0.15) is 0 Å². The number of halogens is 2. The Hall–Kier alpha value is -3.12. The molecule has 0 saturated heterocycles. The van der Waals surface area contributed by atoms with Crippen LogP contribution in [0.5, 0.6) is 0 Å². The topological polar surface area (TPSA) is 65.6 Å². The molecule has 0 aliphatic heterocycles. The lowest BCUT2D eigenvalue weighted by Gasteiger charge is -2.15. The van der Waals surface area contributed by atoms with Crippen molar-refractivity contribution in [2.24, 2.45) is 0 Å². The van der Waals surface area contributed by atoms with E-state index in [1.165, 1.54) is 6.07 Å². The van der Waals surface area contributed by atoms with Crippen LogP contribution in [0.3, 0.4) is 0 Å². The number of H-pyrrole nitrogens is 1. The van der Waals surface area contributed by atoms with E-state index in [-0.39, 0.29) is 11.1 Å². The molecule has 0 radical (unpaired) electrons. The number of imidazole rings is 1. The summed E-state index contributed by atoms with van der Waals surface area (Å²) in [6, 6.07) is 12.5. The molecule has 1 unspecified atom stereocenters. The Morgan fingerprint density at radius 3 is 2.74 bits per heavy atom. The maximum atomic E-state index is 13.4. The highest BCUT2D eigenvalue weighted by molar-refractivity contribution is 6.31. The Bertz CT molecular complexity index is 1080. The van der Waals surface area contributed by atoms with Crippen molar-refractivity contribution in [1.82, 2.24) is 15.0 Å². The van der Waals surface area contributed by atoms with Crippen molar-refractivity contribution in [3.63, 3.8) is 0 Å². The summed E-state index contributed by atoms with van der Waals surface area (Å²) >= 11 is 5.88. The van der Waals surface area contributed by atoms with Gasteiger partial charge < -0.3 is 15.6 Å². The number of aromatic nitrogens is 3. The van der Waals surface area contributed by atoms with Crippen LogP contribution in [0.25, 0.3) is 10.9 Å². The lowest BCUT2D eigenvalue weighted by atomic mass is 10.1. The first-order valence-corrected chi connectivity index (χ1v) is 8.83. The van der Waals surface area contributed by atoms with E-state index < -0.39 is 5.82 Å². The third kappa shape index (κ3) is 3.71. The van der Waals surface area contributed by atoms with E-state index in [0.29, 0.717) is 5.69 Å². The Kier molecular flexibility index (Phi) is 4.64. The smallest absolute Gasteiger partial charge is 0.141 e. The number of pyridine rings is 1. The highest BCUT2D eigenvalue weighted by Crippen LogP contribution is 2.30. The molecule has 136 valence electrons. The van der Waals surface area contributed by atoms with Crippen molar-refractivity contribution in [3.05, 3.63) is 77.7 Å². The Morgan fingerprint density at radius 1 is 1.11 bits per heavy atom. The van der Waals surface area contributed by atoms with Gasteiger partial charge in [-0.05, 0) is 49.4 Å². The fourth-order valence-electron chi connectivity index (χ4n) is 2.91. The molecule has 0 aliphatic rings. The third-order valence-corrected chi connectivity index (χ3v) is 4.60. The minimum absolute atomic E-state index is 0.0777. The minimum atomic E-state index is -0.443. The molecule has 2 aromatic carbocycles. The predicted molar refractivity (Wildman–Crippen MR) is 107 cm³/mol. The van der Waals surface area contributed by atoms with Crippen molar-refractivity contribution >= 4 is 39.6 Å². The summed E-state index contributed by atoms with van der Waals surface area (Å²) in [6.07, 6.45) is 5.19. The summed E-state index contributed by atoms with van der Waals surface area (Å²) in [5, 5.41) is 7.76. The van der Waals surface area contributed by atoms with Crippen LogP contribution in [0.2, 0.25) is 5.02 Å². The number of fused-ring (bicyclic) bond motifs is 1. The molecule has 0 spiro atoms. The van der Waals surface area contributed by atoms with Crippen molar-refractivity contribution < 1.29 is 4.39 Å². The van der Waals surface area contributed by atoms with E-state index in [0.717, 1.165) is 28.0 Å². The summed E-state index contributed by atoms with van der Waals surface area (Å²) < 4.78 is 13.4. The summed E-state index contributed by atoms with van der Waals surface area (Å²) in [6.45, 7) is 2.06. The van der Waals surface area contributed by atoms with Crippen molar-refractivity contribution in [1.29, 1.82) is 0 Å². The van der Waals surface area contributed by atoms with Crippen LogP contribution in [0, 0.1) is 5.82 Å². The van der Waals surface area contributed by atoms with Gasteiger partial charge in [-0.15, -0.1) is 0 Å². The second-order valence-corrected chi connectivity index (χ2v) is 6.62. The van der Waals surface area contributed by atoms with E-state index in [1.54, 1.807) is 30.9 Å². The number of anilines is 3. The number of nitrogens with one attached hydrogen (secondary N) is 3. The number of hydrogen-bond donors (Lipinski definition) is 3. The zero-order chi connectivity index (χ0) is 18.8. The lowest BCUT2D eigenvalue weighted by Crippen LogP contribution is -2.07. The van der Waals surface area contributed by atoms with E-state index >= 15 is 0 Å². The first-order valence-electron chi connectivity index (χ1n) is 8.46. The van der Waals surface area contributed by atoms with E-state index in [1.807, 2.05) is 24.3 Å². The minimum Gasteiger partial charge on any atom is -0.377 e. The predicted octanol–water partition coefficient (Wildman–Crippen LogP) is 5.67. The van der Waals surface area contributed by atoms with E-state index in [2.05, 4.69) is 32.5 Å². The first-order chi connectivity index (χ1) is 13.1. The second-order valence-electron chi connectivity index (χ2n) is 6.22. The fraction of sp³-hybridized carbons (Fsp3) is 0.100. The SMILES string of the molecule is CC(Nc1ccc2nccc(Nc3ccc(F)c(Cl)c3)c2c1)c1cnc[nH]1. The molecule has 7 heteroatoms. The molecule has 0 fully saturated rings. The van der Waals surface area contributed by atoms with Crippen molar-refractivity contribution in [2.45, 2.75) is 13.0 Å². The van der Waals surface area contributed by atoms with Crippen LogP contribution in [0.1, 0.15) is 18.7 Å². The molecule has 2 aromatic heterocycles. The molecular weight excluding hydrogens is 365 g/mol. The number of benzene rings is 2. The fourth-order valence-corrected chi connectivity index (χ4v) is 3.09. The zero-order valence-electron chi connectivity index (χ0n) is 14.5. The number of hydrogen-bond acceptors (Lipinski definition) is 4. The molecule has 0 amide bonds. The molecule has 3 N–H and O–H groups in total. The zero-order valence-corrected chi connectivity index (χ0v) is 15.3. The lowest BCUT2D eigenvalue weighted by molar-refractivity contribution is 0.628. The molecule has 0 aliphatic carbocycles. The molecule has 2 heterocycles. The van der Waals surface area contributed by atoms with E-state index in [9.17, 15) is 4.39 Å². The van der Waals surface area contributed by atoms with Crippen molar-refractivity contribution in [3.8, 4) is 0 Å². The normalized spacial score (nSPS) is 12.1. The molecule has 4 aromatic rings. The Balaban J connectivity index is 1.65. The van der Waals surface area contributed by atoms with Gasteiger partial charge in [0, 0.05) is 34.8 Å². The molecule has 0 saturated carbocycles. The molecular formula is C20H17ClFN5. The summed E-state index contributed by atoms with van der Waals surface area (Å²) in [7, 11) is 0. The monoisotopic (exact) mass is 381 g/mol. The summed E-state index contributed by atoms with van der Waals surface area (Å²) in [5.74, 6) is -0.443. The Morgan fingerprint density at radius 2 is 1.96 bits per heavy atom. The van der Waals surface area contributed by atoms with Crippen LogP contribution in [0.15, 0.2) is 61.2 Å². The standard InChI is InChI=1S/C20H17ClFN5/c1-12(20-10-23-11-25-20)26-13-3-5-18-15(8-13)19(6-7-24-18)27-14-2-4-17(22)16(21)9-14/h2-12,26H,1H3,(H,23,25)(H,24,27). The maximum absolute atomic E-state index is 13.4. The number of rotatable bonds is 5. The van der Waals surface area contributed by atoms with Gasteiger partial charge in [0.1, 0.15) is 5.82 Å². The molecule has 4 rings (SSSR count). The number of nitrogens with zero attached hydrogens (tertiary/aromatic N) is 2. The second kappa shape index (κ2) is 7.25. The Labute approximate surface area is 160 Å². The quantitative estimate of drug-likeness (QED) is 0.417. The molecule has 1 atom stereocenters. The summed E-state index contributed by atoms with van der Waals surface area (Å²) in [4.78, 5) is 11.6. The van der Waals surface area contributed by atoms with Crippen LogP contribution in [0.4, 0.5) is 21.5 Å². The maximum Gasteiger partial charge on any atom is 0.141 e. The van der Waals surface area contributed by atoms with Gasteiger partial charge >= 0.3 is 0 Å². The van der Waals surface area contributed by atoms with Gasteiger partial charge in [-0.3, -0.25) is 4.98 Å². The average Bonchev–Trinajstić information content (AvgIpc) is 3.20. The highest BCUT2D eigenvalue weighted by Gasteiger charge is 2.09. The van der Waals surface area contributed by atoms with Crippen LogP contribution >= 0.6 is 11.6 Å². The van der Waals surface area contributed by atoms with Gasteiger partial charge in [0.2, 0.25) is 0 Å². The molecule has 0 bridgehead atoms. The van der Waals surface area contributed by atoms with Gasteiger partial charge in [-0.25, -0.2) is 9.37 Å². The third-order valence-electron chi connectivity index (χ3n) is 4.31. The average molecular weight is 382 g/mol. The summed E-state index contributed by atoms with van der Waals surface area (Å²) in [5.41, 5.74) is 4.38. The molecule has 27 heavy (non-hydrogen) atoms. The van der Waals surface area contributed by atoms with E-state index in [4.69, 9.17) is 11.6 Å². The van der Waals surface area contributed by atoms with Crippen LogP contribution < -0.4 is 10.6 Å². The van der Waals surface area contributed by atoms with Gasteiger partial charge in [0.15, 0.2) is 0 Å². The van der Waals surface area contributed by atoms with Gasteiger partial charge in [0.05, 0.1) is 28.6 Å².